The summed E-state index contributed by atoms with van der Waals surface area (Å²) >= 11 is 0. The Bertz CT molecular complexity index is 1290. The molecule has 9 nitrogen and oxygen atoms in total. The van der Waals surface area contributed by atoms with Gasteiger partial charge in [-0.2, -0.15) is 0 Å². The van der Waals surface area contributed by atoms with Crippen molar-refractivity contribution in [1.29, 1.82) is 0 Å². The number of ether oxygens (including phenoxy) is 1. The lowest BCUT2D eigenvalue weighted by molar-refractivity contribution is -0.122. The average Bonchev–Trinajstić information content (AvgIpc) is 3.15. The molecule has 2 aromatic heterocycles. The minimum atomic E-state index is -0.442. The summed E-state index contributed by atoms with van der Waals surface area (Å²) in [5.74, 6) is 1.64. The Balaban J connectivity index is 1.59. The van der Waals surface area contributed by atoms with E-state index < -0.39 is 11.2 Å². The van der Waals surface area contributed by atoms with Gasteiger partial charge < -0.3 is 14.6 Å². The first kappa shape index (κ1) is 23.8. The van der Waals surface area contributed by atoms with Crippen LogP contribution in [0.3, 0.4) is 0 Å². The molecule has 1 atom stereocenters. The molecule has 0 bridgehead atoms. The number of aryl methyl sites for hydroxylation is 2. The zero-order chi connectivity index (χ0) is 24.2. The van der Waals surface area contributed by atoms with E-state index >= 15 is 0 Å². The average molecular weight is 468 g/mol. The minimum Gasteiger partial charge on any atom is -0.493 e. The minimum absolute atomic E-state index is 0.0814. The molecule has 2 N–H and O–H groups in total. The summed E-state index contributed by atoms with van der Waals surface area (Å²) in [6.45, 7) is 7.80. The van der Waals surface area contributed by atoms with Gasteiger partial charge in [0.25, 0.3) is 5.56 Å². The molecule has 34 heavy (non-hydrogen) atoms. The Morgan fingerprint density at radius 3 is 2.82 bits per heavy atom. The third kappa shape index (κ3) is 4.93. The van der Waals surface area contributed by atoms with Crippen LogP contribution in [0.4, 0.5) is 0 Å². The van der Waals surface area contributed by atoms with Crippen molar-refractivity contribution < 1.29 is 9.53 Å². The second-order valence-corrected chi connectivity index (χ2v) is 9.26. The van der Waals surface area contributed by atoms with Gasteiger partial charge in [0.2, 0.25) is 5.91 Å². The number of para-hydroxylation sites is 1. The third-order valence-corrected chi connectivity index (χ3v) is 6.12. The van der Waals surface area contributed by atoms with E-state index in [4.69, 9.17) is 9.72 Å². The Morgan fingerprint density at radius 1 is 1.26 bits per heavy atom. The van der Waals surface area contributed by atoms with Gasteiger partial charge in [0.15, 0.2) is 11.2 Å². The Hall–Kier alpha value is -3.36. The summed E-state index contributed by atoms with van der Waals surface area (Å²) in [5, 5.41) is 3.12. The fourth-order valence-corrected chi connectivity index (χ4v) is 4.48. The predicted octanol–water partition coefficient (Wildman–Crippen LogP) is 2.92. The van der Waals surface area contributed by atoms with Gasteiger partial charge in [0.1, 0.15) is 11.6 Å². The van der Waals surface area contributed by atoms with Crippen LogP contribution in [0.5, 0.6) is 5.75 Å². The van der Waals surface area contributed by atoms with E-state index in [0.29, 0.717) is 49.5 Å². The third-order valence-electron chi connectivity index (χ3n) is 6.12. The Kier molecular flexibility index (Phi) is 7.19. The van der Waals surface area contributed by atoms with Crippen LogP contribution in [0.25, 0.3) is 11.2 Å². The highest BCUT2D eigenvalue weighted by molar-refractivity contribution is 5.77. The number of hydrogen-bond donors (Lipinski definition) is 2. The zero-order valence-electron chi connectivity index (χ0n) is 20.1. The molecule has 1 aromatic carbocycles. The van der Waals surface area contributed by atoms with Crippen LogP contribution in [0, 0.1) is 5.92 Å². The number of imidazole rings is 1. The molecular formula is C25H33N5O4. The second kappa shape index (κ2) is 10.3. The fraction of sp³-hybridized carbons (Fsp3) is 0.520. The molecule has 1 amide bonds. The van der Waals surface area contributed by atoms with Crippen molar-refractivity contribution in [3.63, 3.8) is 0 Å². The van der Waals surface area contributed by atoms with Crippen molar-refractivity contribution in [3.8, 4) is 5.75 Å². The molecule has 1 unspecified atom stereocenters. The number of fused-ring (bicyclic) bond motifs is 2. The van der Waals surface area contributed by atoms with Crippen molar-refractivity contribution in [1.82, 2.24) is 24.4 Å². The quantitative estimate of drug-likeness (QED) is 0.503. The van der Waals surface area contributed by atoms with Crippen LogP contribution in [-0.2, 0) is 24.3 Å². The maximum absolute atomic E-state index is 12.9. The molecule has 0 saturated carbocycles. The van der Waals surface area contributed by atoms with Gasteiger partial charge in [-0.15, -0.1) is 0 Å². The number of aromatic nitrogens is 4. The van der Waals surface area contributed by atoms with E-state index in [-0.39, 0.29) is 24.3 Å². The maximum Gasteiger partial charge on any atom is 0.330 e. The number of benzene rings is 1. The van der Waals surface area contributed by atoms with Gasteiger partial charge in [-0.1, -0.05) is 45.4 Å². The van der Waals surface area contributed by atoms with E-state index in [1.54, 1.807) is 4.57 Å². The number of unbranched alkanes of at least 4 members (excludes halogenated alkanes) is 1. The standard InChI is InChI=1S/C25H33N5O4/c1-4-5-13-29-23-22(24(32)28-25(29)33)30(15-16(2)3)20(27-23)10-11-21(31)26-18-12-14-34-19-9-7-6-8-17(18)19/h6-9,16,18H,4-5,10-15H2,1-3H3,(H,26,31)(H,28,32,33). The molecule has 0 radical (unpaired) electrons. The molecule has 1 aliphatic heterocycles. The monoisotopic (exact) mass is 467 g/mol. The van der Waals surface area contributed by atoms with Crippen molar-refractivity contribution >= 4 is 17.1 Å². The van der Waals surface area contributed by atoms with Gasteiger partial charge in [0.05, 0.1) is 12.6 Å². The van der Waals surface area contributed by atoms with Crippen LogP contribution < -0.4 is 21.3 Å². The van der Waals surface area contributed by atoms with Crippen molar-refractivity contribution in [2.45, 2.75) is 72.0 Å². The van der Waals surface area contributed by atoms with Crippen LogP contribution in [0.2, 0.25) is 0 Å². The van der Waals surface area contributed by atoms with E-state index in [0.717, 1.165) is 24.2 Å². The summed E-state index contributed by atoms with van der Waals surface area (Å²) < 4.78 is 9.10. The fourth-order valence-electron chi connectivity index (χ4n) is 4.48. The lowest BCUT2D eigenvalue weighted by Gasteiger charge is -2.26. The first-order valence-corrected chi connectivity index (χ1v) is 12.1. The van der Waals surface area contributed by atoms with Gasteiger partial charge in [0, 0.05) is 37.9 Å². The van der Waals surface area contributed by atoms with Gasteiger partial charge >= 0.3 is 5.69 Å². The van der Waals surface area contributed by atoms with E-state index in [1.807, 2.05) is 35.8 Å². The van der Waals surface area contributed by atoms with Crippen molar-refractivity contribution in [2.24, 2.45) is 5.92 Å². The largest absolute Gasteiger partial charge is 0.493 e. The Labute approximate surface area is 198 Å². The summed E-state index contributed by atoms with van der Waals surface area (Å²) in [6, 6.07) is 7.66. The van der Waals surface area contributed by atoms with E-state index in [9.17, 15) is 14.4 Å². The number of amides is 1. The maximum atomic E-state index is 12.9. The summed E-state index contributed by atoms with van der Waals surface area (Å²) in [5.41, 5.74) is 0.911. The zero-order valence-corrected chi connectivity index (χ0v) is 20.1. The topological polar surface area (TPSA) is 111 Å². The van der Waals surface area contributed by atoms with Gasteiger partial charge in [-0.3, -0.25) is 19.1 Å². The van der Waals surface area contributed by atoms with Crippen molar-refractivity contribution in [3.05, 3.63) is 56.5 Å². The highest BCUT2D eigenvalue weighted by Gasteiger charge is 2.24. The molecule has 0 saturated heterocycles. The SMILES string of the molecule is CCCCn1c(=O)[nH]c(=O)c2c1nc(CCC(=O)NC1CCOc3ccccc31)n2CC(C)C. The molecule has 9 heteroatoms. The summed E-state index contributed by atoms with van der Waals surface area (Å²) in [6.07, 6.45) is 3.05. The number of carbonyl (C=O) groups is 1. The van der Waals surface area contributed by atoms with Crippen molar-refractivity contribution in [2.75, 3.05) is 6.61 Å². The molecule has 4 rings (SSSR count). The predicted molar refractivity (Wildman–Crippen MR) is 130 cm³/mol. The first-order valence-electron chi connectivity index (χ1n) is 12.1. The van der Waals surface area contributed by atoms with Crippen LogP contribution >= 0.6 is 0 Å². The number of aromatic amines is 1. The molecule has 1 aliphatic rings. The number of nitrogens with zero attached hydrogens (tertiary/aromatic N) is 3. The van der Waals surface area contributed by atoms with E-state index in [1.165, 1.54) is 0 Å². The summed E-state index contributed by atoms with van der Waals surface area (Å²) in [7, 11) is 0. The lowest BCUT2D eigenvalue weighted by atomic mass is 10.0. The highest BCUT2D eigenvalue weighted by atomic mass is 16.5. The van der Waals surface area contributed by atoms with Crippen LogP contribution in [0.1, 0.15) is 63.9 Å². The number of H-pyrrole nitrogens is 1. The van der Waals surface area contributed by atoms with Gasteiger partial charge in [-0.05, 0) is 18.4 Å². The smallest absolute Gasteiger partial charge is 0.330 e. The molecule has 3 aromatic rings. The number of nitrogens with one attached hydrogen (secondary N) is 2. The van der Waals surface area contributed by atoms with Gasteiger partial charge in [-0.25, -0.2) is 9.78 Å². The Morgan fingerprint density at radius 2 is 2.06 bits per heavy atom. The summed E-state index contributed by atoms with van der Waals surface area (Å²) in [4.78, 5) is 45.2. The number of carbonyl (C=O) groups excluding carboxylic acids is 1. The number of rotatable bonds is 9. The molecular weight excluding hydrogens is 434 g/mol. The molecule has 3 heterocycles. The second-order valence-electron chi connectivity index (χ2n) is 9.26. The van der Waals surface area contributed by atoms with Crippen LogP contribution in [0.15, 0.2) is 33.9 Å². The van der Waals surface area contributed by atoms with Crippen LogP contribution in [-0.4, -0.2) is 31.6 Å². The lowest BCUT2D eigenvalue weighted by Crippen LogP contribution is -2.32. The first-order chi connectivity index (χ1) is 16.4. The normalized spacial score (nSPS) is 15.4. The van der Waals surface area contributed by atoms with E-state index in [2.05, 4.69) is 24.1 Å². The number of hydrogen-bond acceptors (Lipinski definition) is 5. The highest BCUT2D eigenvalue weighted by Crippen LogP contribution is 2.31. The molecule has 0 spiro atoms. The molecule has 0 aliphatic carbocycles. The molecule has 182 valence electrons. The molecule has 0 fully saturated rings.